The fraction of sp³-hybridized carbons (Fsp3) is 0.235. The molecule has 0 fully saturated rings. The largest absolute Gasteiger partial charge is 0.497 e. The summed E-state index contributed by atoms with van der Waals surface area (Å²) < 4.78 is 5.19. The van der Waals surface area contributed by atoms with Crippen LogP contribution < -0.4 is 4.74 Å². The first-order valence-corrected chi connectivity index (χ1v) is 7.04. The minimum atomic E-state index is -0.369. The number of hydrogen-bond donors (Lipinski definition) is 0. The second-order valence-corrected chi connectivity index (χ2v) is 5.35. The van der Waals surface area contributed by atoms with E-state index in [1.807, 2.05) is 36.4 Å². The highest BCUT2D eigenvalue weighted by Crippen LogP contribution is 2.52. The van der Waals surface area contributed by atoms with Crippen molar-refractivity contribution in [2.75, 3.05) is 7.11 Å². The van der Waals surface area contributed by atoms with Crippen LogP contribution in [-0.2, 0) is 4.79 Å². The summed E-state index contributed by atoms with van der Waals surface area (Å²) in [7, 11) is 1.62. The van der Waals surface area contributed by atoms with Crippen molar-refractivity contribution in [2.24, 2.45) is 10.5 Å². The molecule has 110 valence electrons. The first kappa shape index (κ1) is 14.2. The van der Waals surface area contributed by atoms with Gasteiger partial charge in [0, 0.05) is 16.0 Å². The number of allylic oxidation sites excluding steroid dienone is 6. The molecule has 0 aromatic heterocycles. The van der Waals surface area contributed by atoms with Crippen molar-refractivity contribution in [1.29, 1.82) is 0 Å². The molecule has 2 aliphatic carbocycles. The number of hydrogen-bond acceptors (Lipinski definition) is 3. The zero-order chi connectivity index (χ0) is 15.6. The lowest BCUT2D eigenvalue weighted by Crippen LogP contribution is -2.17. The molecule has 22 heavy (non-hydrogen) atoms. The number of carbonyl (C=O) groups is 1. The second-order valence-electron chi connectivity index (χ2n) is 5.35. The Balaban J connectivity index is 2.13. The highest BCUT2D eigenvalue weighted by Gasteiger charge is 2.38. The molecule has 0 heterocycles. The highest BCUT2D eigenvalue weighted by molar-refractivity contribution is 6.01. The van der Waals surface area contributed by atoms with E-state index in [9.17, 15) is 4.79 Å². The van der Waals surface area contributed by atoms with E-state index in [1.165, 1.54) is 0 Å². The number of nitrogens with zero attached hydrogens (tertiary/aromatic N) is 3. The van der Waals surface area contributed by atoms with Crippen LogP contribution in [0.25, 0.3) is 16.0 Å². The number of carbonyl (C=O) groups excluding carboxylic acids is 1. The summed E-state index contributed by atoms with van der Waals surface area (Å²) in [6.45, 7) is 0. The lowest BCUT2D eigenvalue weighted by Gasteiger charge is -2.28. The van der Waals surface area contributed by atoms with Crippen molar-refractivity contribution in [3.63, 3.8) is 0 Å². The van der Waals surface area contributed by atoms with E-state index in [4.69, 9.17) is 10.3 Å². The lowest BCUT2D eigenvalue weighted by atomic mass is 9.75. The van der Waals surface area contributed by atoms with Crippen molar-refractivity contribution in [3.05, 3.63) is 70.3 Å². The van der Waals surface area contributed by atoms with E-state index in [1.54, 1.807) is 19.3 Å². The first-order valence-electron chi connectivity index (χ1n) is 7.04. The minimum absolute atomic E-state index is 0.0167. The quantitative estimate of drug-likeness (QED) is 0.476. The van der Waals surface area contributed by atoms with Gasteiger partial charge in [0.1, 0.15) is 5.75 Å². The number of ether oxygens (including phenoxy) is 1. The maximum atomic E-state index is 11.4. The summed E-state index contributed by atoms with van der Waals surface area (Å²) in [5.74, 6) is 0.753. The Labute approximate surface area is 128 Å². The third-order valence-corrected chi connectivity index (χ3v) is 4.16. The van der Waals surface area contributed by atoms with Crippen molar-refractivity contribution >= 4 is 11.4 Å². The molecule has 5 heteroatoms. The molecule has 0 saturated carbocycles. The molecule has 0 N–H and O–H groups in total. The average Bonchev–Trinajstić information content (AvgIpc) is 2.89. The summed E-state index contributed by atoms with van der Waals surface area (Å²) in [5, 5.41) is 3.87. The molecule has 2 aliphatic rings. The Hall–Kier alpha value is -2.78. The maximum Gasteiger partial charge on any atom is 0.178 e. The number of rotatable bonds is 3. The third-order valence-electron chi connectivity index (χ3n) is 4.16. The van der Waals surface area contributed by atoms with E-state index in [0.29, 0.717) is 6.42 Å². The molecule has 0 bridgehead atoms. The van der Waals surface area contributed by atoms with Crippen molar-refractivity contribution in [2.45, 2.75) is 12.8 Å². The summed E-state index contributed by atoms with van der Waals surface area (Å²) >= 11 is 0. The van der Waals surface area contributed by atoms with Crippen LogP contribution in [0.5, 0.6) is 5.75 Å². The standard InChI is InChI=1S/C17H15N3O2/c1-22-14-4-2-12(3-5-14)16-15(19-20-18)8-11-17(16)9-6-13(21)7-10-17/h2-7,9-10H,8,11H2,1H3. The van der Waals surface area contributed by atoms with Gasteiger partial charge in [-0.25, -0.2) is 0 Å². The maximum absolute atomic E-state index is 11.4. The van der Waals surface area contributed by atoms with E-state index in [2.05, 4.69) is 10.0 Å². The zero-order valence-electron chi connectivity index (χ0n) is 12.2. The van der Waals surface area contributed by atoms with Crippen molar-refractivity contribution in [3.8, 4) is 5.75 Å². The van der Waals surface area contributed by atoms with Crippen LogP contribution in [0.15, 0.2) is 59.4 Å². The number of methoxy groups -OCH3 is 1. The molecule has 1 spiro atoms. The predicted molar refractivity (Wildman–Crippen MR) is 84.0 cm³/mol. The van der Waals surface area contributed by atoms with Gasteiger partial charge in [-0.3, -0.25) is 4.79 Å². The van der Waals surface area contributed by atoms with Crippen LogP contribution in [0, 0.1) is 5.41 Å². The summed E-state index contributed by atoms with van der Waals surface area (Å²) in [5.41, 5.74) is 11.1. The van der Waals surface area contributed by atoms with Gasteiger partial charge < -0.3 is 4.74 Å². The van der Waals surface area contributed by atoms with Gasteiger partial charge in [0.15, 0.2) is 5.78 Å². The Bertz CT molecular complexity index is 735. The van der Waals surface area contributed by atoms with Crippen LogP contribution in [0.3, 0.4) is 0 Å². The van der Waals surface area contributed by atoms with Crippen LogP contribution in [-0.4, -0.2) is 12.9 Å². The van der Waals surface area contributed by atoms with Crippen LogP contribution in [0.1, 0.15) is 18.4 Å². The van der Waals surface area contributed by atoms with E-state index < -0.39 is 0 Å². The average molecular weight is 293 g/mol. The van der Waals surface area contributed by atoms with Gasteiger partial charge in [-0.05, 0) is 53.8 Å². The first-order chi connectivity index (χ1) is 10.7. The van der Waals surface area contributed by atoms with Crippen LogP contribution in [0.2, 0.25) is 0 Å². The molecule has 0 unspecified atom stereocenters. The molecule has 1 aromatic carbocycles. The predicted octanol–water partition coefficient (Wildman–Crippen LogP) is 4.19. The highest BCUT2D eigenvalue weighted by atomic mass is 16.5. The molecule has 5 nitrogen and oxygen atoms in total. The normalized spacial score (nSPS) is 18.7. The Morgan fingerprint density at radius 2 is 1.91 bits per heavy atom. The Morgan fingerprint density at radius 3 is 2.50 bits per heavy atom. The van der Waals surface area contributed by atoms with Crippen LogP contribution in [0.4, 0.5) is 0 Å². The Kier molecular flexibility index (Phi) is 3.57. The SMILES string of the molecule is COc1ccc(C2=C(N=[N+]=[N-])CCC23C=CC(=O)C=C3)cc1. The van der Waals surface area contributed by atoms with Gasteiger partial charge >= 0.3 is 0 Å². The molecule has 0 radical (unpaired) electrons. The molecule has 1 aromatic rings. The molecule has 0 aliphatic heterocycles. The fourth-order valence-electron chi connectivity index (χ4n) is 3.10. The molecule has 0 amide bonds. The van der Waals surface area contributed by atoms with Gasteiger partial charge in [-0.1, -0.05) is 29.4 Å². The zero-order valence-corrected chi connectivity index (χ0v) is 12.2. The number of ketones is 1. The summed E-state index contributed by atoms with van der Waals surface area (Å²) in [6, 6.07) is 7.66. The number of azide groups is 1. The summed E-state index contributed by atoms with van der Waals surface area (Å²) in [6.07, 6.45) is 8.48. The van der Waals surface area contributed by atoms with Crippen molar-refractivity contribution < 1.29 is 9.53 Å². The lowest BCUT2D eigenvalue weighted by molar-refractivity contribution is -0.110. The second kappa shape index (κ2) is 5.54. The van der Waals surface area contributed by atoms with Crippen molar-refractivity contribution in [1.82, 2.24) is 0 Å². The third kappa shape index (κ3) is 2.32. The molecular formula is C17H15N3O2. The van der Waals surface area contributed by atoms with Gasteiger partial charge in [0.05, 0.1) is 7.11 Å². The van der Waals surface area contributed by atoms with Gasteiger partial charge in [-0.15, -0.1) is 0 Å². The van der Waals surface area contributed by atoms with E-state index in [-0.39, 0.29) is 11.2 Å². The Morgan fingerprint density at radius 1 is 1.23 bits per heavy atom. The van der Waals surface area contributed by atoms with E-state index in [0.717, 1.165) is 29.0 Å². The summed E-state index contributed by atoms with van der Waals surface area (Å²) in [4.78, 5) is 14.4. The minimum Gasteiger partial charge on any atom is -0.497 e. The topological polar surface area (TPSA) is 75.1 Å². The molecule has 3 rings (SSSR count). The van der Waals surface area contributed by atoms with Gasteiger partial charge in [-0.2, -0.15) is 0 Å². The molecule has 0 atom stereocenters. The molecule has 0 saturated heterocycles. The molecular weight excluding hydrogens is 278 g/mol. The monoisotopic (exact) mass is 293 g/mol. The fourth-order valence-corrected chi connectivity index (χ4v) is 3.10. The smallest absolute Gasteiger partial charge is 0.178 e. The number of benzene rings is 1. The van der Waals surface area contributed by atoms with Gasteiger partial charge in [0.25, 0.3) is 0 Å². The van der Waals surface area contributed by atoms with E-state index >= 15 is 0 Å². The van der Waals surface area contributed by atoms with Gasteiger partial charge in [0.2, 0.25) is 0 Å². The van der Waals surface area contributed by atoms with Crippen LogP contribution >= 0.6 is 0 Å².